The van der Waals surface area contributed by atoms with E-state index in [0.717, 1.165) is 13.8 Å². The zero-order valence-electron chi connectivity index (χ0n) is 94.2. The smallest absolute Gasteiger partial charge is 0.191 e. The first-order chi connectivity index (χ1) is 65.4. The number of anilines is 3. The Morgan fingerprint density at radius 3 is 1.14 bits per heavy atom. The molecule has 0 amide bonds. The van der Waals surface area contributed by atoms with E-state index >= 15 is 0 Å². The van der Waals surface area contributed by atoms with Gasteiger partial charge in [-0.05, 0) is 111 Å². The summed E-state index contributed by atoms with van der Waals surface area (Å²) >= 11 is 0.785. The molecule has 0 unspecified atom stereocenters. The summed E-state index contributed by atoms with van der Waals surface area (Å²) in [6, 6.07) is -0.865. The third kappa shape index (κ3) is 17.5. The van der Waals surface area contributed by atoms with E-state index in [1.807, 2.05) is 0 Å². The fourth-order valence-corrected chi connectivity index (χ4v) is 12.2. The van der Waals surface area contributed by atoms with Gasteiger partial charge in [0.05, 0.1) is 100 Å². The van der Waals surface area contributed by atoms with E-state index in [1.165, 1.54) is 43.3 Å². The number of hydrogen-bond donors (Lipinski definition) is 12. The van der Waals surface area contributed by atoms with Gasteiger partial charge in [0.25, 0.3) is 0 Å². The lowest BCUT2D eigenvalue weighted by Gasteiger charge is -2.17. The fraction of sp³-hybridized carbons (Fsp3) is 0.583. The summed E-state index contributed by atoms with van der Waals surface area (Å²) in [6.07, 6.45) is -52.7. The van der Waals surface area contributed by atoms with Crippen molar-refractivity contribution in [1.29, 1.82) is 0 Å². The van der Waals surface area contributed by atoms with E-state index in [0.29, 0.717) is 45.1 Å². The molecule has 30 nitrogen and oxygen atoms in total. The summed E-state index contributed by atoms with van der Waals surface area (Å²) in [5.41, 5.74) is -8.78. The van der Waals surface area contributed by atoms with Gasteiger partial charge in [0.15, 0.2) is 66.4 Å². The normalized spacial score (nSPS) is 45.3. The first kappa shape index (κ1) is 44.8. The molecule has 6 aliphatic rings. The minimum atomic E-state index is -4.32. The summed E-state index contributed by atoms with van der Waals surface area (Å²) in [5.74, 6) is -6.63. The zero-order valence-corrected chi connectivity index (χ0v) is 59.6. The van der Waals surface area contributed by atoms with Crippen molar-refractivity contribution in [1.82, 2.24) is 74.9 Å². The van der Waals surface area contributed by atoms with Crippen LogP contribution in [0.25, 0.3) is 33.5 Å². The number of ether oxygens (including phenoxy) is 3. The molecule has 12 N–H and O–H groups in total. The van der Waals surface area contributed by atoms with Gasteiger partial charge >= 0.3 is 0 Å². The highest BCUT2D eigenvalue weighted by Gasteiger charge is 2.49. The van der Waals surface area contributed by atoms with Gasteiger partial charge in [-0.2, -0.15) is 0 Å². The number of benzene rings is 3. The maximum atomic E-state index is 14.4. The average molecular weight is 1590 g/mol. The second kappa shape index (κ2) is 35.1. The summed E-state index contributed by atoms with van der Waals surface area (Å²) in [4.78, 5) is 25.0. The largest absolute Gasteiger partial charge is 0.394 e. The quantitative estimate of drug-likeness (QED) is 0.0168. The first-order valence-electron chi connectivity index (χ1n) is 50.8. The predicted octanol–water partition coefficient (Wildman–Crippen LogP) is 6.55. The van der Waals surface area contributed by atoms with Crippen molar-refractivity contribution in [2.24, 2.45) is 0 Å². The van der Waals surface area contributed by atoms with Crippen LogP contribution in [0.4, 0.5) is 30.6 Å². The highest BCUT2D eigenvalue weighted by atomic mass is 32.2. The Bertz CT molecular complexity index is 6570. The lowest BCUT2D eigenvalue weighted by molar-refractivity contribution is -0.0629. The van der Waals surface area contributed by atoms with Crippen LogP contribution in [0.3, 0.4) is 0 Å². The molecule has 6 aromatic heterocycles. The van der Waals surface area contributed by atoms with Crippen LogP contribution in [-0.2, 0) is 14.2 Å². The standard InChI is InChI=1S/3C24H31FN6O4S/c3*1-3-8-36-24-27-22(26-16-10-14(16)13-5-4-12(2)15(25)9-13)19-23(28-24)31(30-29-19)17-11-18(35-7-6-32)21(34)20(17)33/h3*4-5,9,14,16-18,20-21,32-34H,3,6-8,10-11H2,1-2H3,(H,26,27,28)/t3*14-,16+,17+,18-,20-,21+/m000/s1/i6D2,7D2,8D2,11D2,14D,17D,18D,20D,21D;3D2,6D2,8D2,11D2,14D,17D,18D,20D,21D;3D2,8D2,11D2,14D,17D,18D,20D,21D. The first-order valence-corrected chi connectivity index (χ1v) is 34.8. The Hall–Kier alpha value is -7.14. The number of nitrogens with zero attached hydrogens (tertiary/aromatic N) is 15. The van der Waals surface area contributed by atoms with Gasteiger partial charge in [0.2, 0.25) is 0 Å². The second-order valence-electron chi connectivity index (χ2n) is 23.6. The minimum Gasteiger partial charge on any atom is -0.394 e. The molecular weight excluding hydrogens is 1460 g/mol. The number of rotatable bonds is 30. The van der Waals surface area contributed by atoms with Gasteiger partial charge in [0.1, 0.15) is 53.9 Å². The van der Waals surface area contributed by atoms with Crippen LogP contribution in [-0.4, -0.2) is 250 Å². The number of aryl methyl sites for hydroxylation is 3. The van der Waals surface area contributed by atoms with Crippen molar-refractivity contribution in [3.8, 4) is 0 Å². The SMILES string of the molecule is [2H]C([2H])(C)C([2H])([2H])Sc1nc(N[C@@H]2C[C@@]2([2H])c2ccc(C)c(F)c2)c2nnn([C@]3([2H])C([2H])([2H])[C@]([2H])(OCCO)[C@@]([2H])(O)[C@@]3([2H])O)c2n1.[2H]C([2H])(CC)Sc1nc(N[C@@H]2C[C@@]2([2H])c2ccc(C)c(F)c2)c2nnn([C@]3([2H])C([2H])([2H])[C@]([2H])(OC([2H])([2H])C([2H])([2H])O)[C@@]([2H])(O)[C@@]3([2H])O)c2n1.[2H]C([2H])(O)CO[C@@]1([2H])C([2H])([2H])[C@@]([2H])(n2nnc3c(N[C@@H]4C[C@@]4([2H])c4ccc(C)c(F)c4)nc(SC([2H])([2H])C([2H])([2H])C)nc32)[C@]([2H])(O)[C@]1([2H])O. The van der Waals surface area contributed by atoms with Crippen molar-refractivity contribution in [2.45, 2.75) is 223 Å². The van der Waals surface area contributed by atoms with E-state index < -0.39 is 258 Å². The Morgan fingerprint density at radius 1 is 0.481 bits per heavy atom. The number of halogens is 3. The molecule has 6 saturated carbocycles. The molecule has 6 heterocycles. The Morgan fingerprint density at radius 2 is 0.824 bits per heavy atom. The Balaban J connectivity index is 0.000000182. The van der Waals surface area contributed by atoms with E-state index in [-0.39, 0.29) is 86.2 Å². The third-order valence-corrected chi connectivity index (χ3v) is 18.5. The van der Waals surface area contributed by atoms with Crippen molar-refractivity contribution < 1.29 is 124 Å². The van der Waals surface area contributed by atoms with E-state index in [1.54, 1.807) is 39.0 Å². The van der Waals surface area contributed by atoms with Crippen LogP contribution < -0.4 is 16.0 Å². The highest BCUT2D eigenvalue weighted by Crippen LogP contribution is 2.48. The number of aromatic nitrogens is 15. The van der Waals surface area contributed by atoms with Gasteiger partial charge in [-0.1, -0.05) is 108 Å². The average Bonchev–Trinajstić information content (AvgIpc) is 1.49. The molecule has 15 rings (SSSR count). The number of hydrogen-bond acceptors (Lipinski definition) is 30. The molecular formula is C72H93F3N18O12S3. The maximum absolute atomic E-state index is 14.4. The van der Waals surface area contributed by atoms with Crippen LogP contribution in [0.5, 0.6) is 0 Å². The molecule has 6 aliphatic carbocycles. The molecule has 0 aliphatic heterocycles. The number of aliphatic hydroxyl groups excluding tert-OH is 1. The van der Waals surface area contributed by atoms with Crippen LogP contribution in [0, 0.1) is 38.2 Å². The van der Waals surface area contributed by atoms with Crippen molar-refractivity contribution in [3.05, 3.63) is 105 Å². The molecule has 18 atom stereocenters. The topological polar surface area (TPSA) is 415 Å². The predicted molar refractivity (Wildman–Crippen MR) is 398 cm³/mol. The highest BCUT2D eigenvalue weighted by molar-refractivity contribution is 7.99. The van der Waals surface area contributed by atoms with E-state index in [2.05, 4.69) is 81.5 Å². The molecule has 36 heteroatoms. The molecule has 582 valence electrons. The molecule has 0 spiro atoms. The number of thioether (sulfide) groups is 3. The minimum absolute atomic E-state index is 0.0703. The lowest BCUT2D eigenvalue weighted by atomic mass is 10.1. The monoisotopic (exact) mass is 1590 g/mol. The van der Waals surface area contributed by atoms with Gasteiger partial charge in [-0.25, -0.2) is 57.1 Å². The molecule has 0 radical (unpaired) electrons. The van der Waals surface area contributed by atoms with Gasteiger partial charge in [0, 0.05) is 98.1 Å². The summed E-state index contributed by atoms with van der Waals surface area (Å²) < 4.78 is 365. The Labute approximate surface area is 685 Å². The summed E-state index contributed by atoms with van der Waals surface area (Å²) in [7, 11) is 0. The number of nitrogens with one attached hydrogen (secondary N) is 3. The van der Waals surface area contributed by atoms with Crippen LogP contribution in [0.1, 0.15) is 198 Å². The molecule has 0 bridgehead atoms. The van der Waals surface area contributed by atoms with Crippen molar-refractivity contribution in [3.63, 3.8) is 0 Å². The fourth-order valence-electron chi connectivity index (χ4n) is 10.7. The van der Waals surface area contributed by atoms with E-state index in [4.69, 9.17) is 60.2 Å². The summed E-state index contributed by atoms with van der Waals surface area (Å²) in [6.45, 7) is -6.43. The lowest BCUT2D eigenvalue weighted by Crippen LogP contribution is -2.33. The van der Waals surface area contributed by atoms with Crippen LogP contribution in [0.15, 0.2) is 70.1 Å². The second-order valence-corrected chi connectivity index (χ2v) is 26.0. The maximum Gasteiger partial charge on any atom is 0.191 e. The van der Waals surface area contributed by atoms with E-state index in [9.17, 15) is 59.1 Å². The van der Waals surface area contributed by atoms with Gasteiger partial charge in [-0.15, -0.1) is 15.3 Å². The molecule has 6 fully saturated rings. The molecule has 108 heavy (non-hydrogen) atoms. The molecule has 3 aromatic carbocycles. The van der Waals surface area contributed by atoms with Gasteiger partial charge < -0.3 is 76.1 Å². The Kier molecular flexibility index (Phi) is 14.5. The number of aliphatic hydroxyl groups is 9. The zero-order chi connectivity index (χ0) is 110. The van der Waals surface area contributed by atoms with Crippen LogP contribution >= 0.6 is 35.3 Å². The van der Waals surface area contributed by atoms with Gasteiger partial charge in [-0.3, -0.25) is 0 Å². The summed E-state index contributed by atoms with van der Waals surface area (Å²) in [5, 5.41) is 125. The van der Waals surface area contributed by atoms with Crippen LogP contribution in [0.2, 0.25) is 0 Å². The number of fused-ring (bicyclic) bond motifs is 3. The van der Waals surface area contributed by atoms with Crippen molar-refractivity contribution in [2.75, 3.05) is 72.6 Å². The third-order valence-electron chi connectivity index (χ3n) is 16.4. The molecule has 9 aromatic rings. The van der Waals surface area contributed by atoms with Crippen molar-refractivity contribution >= 4 is 86.2 Å². The molecule has 0 saturated heterocycles.